The van der Waals surface area contributed by atoms with E-state index in [-0.39, 0.29) is 0 Å². The summed E-state index contributed by atoms with van der Waals surface area (Å²) in [7, 11) is 0. The van der Waals surface area contributed by atoms with Gasteiger partial charge in [0.1, 0.15) is 11.7 Å². The van der Waals surface area contributed by atoms with Gasteiger partial charge in [-0.25, -0.2) is 4.98 Å². The van der Waals surface area contributed by atoms with Crippen LogP contribution in [0.1, 0.15) is 11.7 Å². The molecule has 2 heterocycles. The molecule has 0 aliphatic carbocycles. The molecule has 0 bridgehead atoms. The third-order valence-electron chi connectivity index (χ3n) is 2.86. The molecule has 4 nitrogen and oxygen atoms in total. The maximum atomic E-state index is 5.92. The van der Waals surface area contributed by atoms with Crippen molar-refractivity contribution in [1.82, 2.24) is 9.97 Å². The van der Waals surface area contributed by atoms with E-state index in [1.807, 2.05) is 30.3 Å². The van der Waals surface area contributed by atoms with Gasteiger partial charge in [0, 0.05) is 5.56 Å². The van der Waals surface area contributed by atoms with Crippen LogP contribution < -0.4 is 5.32 Å². The number of benzene rings is 1. The zero-order valence-electron chi connectivity index (χ0n) is 10.1. The molecule has 0 spiro atoms. The fraction of sp³-hybridized carbons (Fsp3) is 0.154. The van der Waals surface area contributed by atoms with Crippen molar-refractivity contribution in [2.45, 2.75) is 9.83 Å². The molecule has 1 N–H and O–H groups in total. The zero-order chi connectivity index (χ0) is 14.2. The van der Waals surface area contributed by atoms with Gasteiger partial charge in [-0.1, -0.05) is 65.1 Å². The van der Waals surface area contributed by atoms with Crippen LogP contribution in [0.5, 0.6) is 0 Å². The number of aromatic nitrogens is 2. The first kappa shape index (κ1) is 13.6. The Morgan fingerprint density at radius 1 is 1.10 bits per heavy atom. The summed E-state index contributed by atoms with van der Waals surface area (Å²) in [6.07, 6.45) is 3.12. The number of aliphatic imine (C=N–C) groups is 1. The predicted molar refractivity (Wildman–Crippen MR) is 82.6 cm³/mol. The van der Waals surface area contributed by atoms with Gasteiger partial charge in [-0.3, -0.25) is 9.98 Å². The van der Waals surface area contributed by atoms with Crippen LogP contribution in [-0.2, 0) is 0 Å². The second-order valence-electron chi connectivity index (χ2n) is 4.22. The number of alkyl halides is 3. The highest BCUT2D eigenvalue weighted by atomic mass is 35.6. The lowest BCUT2D eigenvalue weighted by Gasteiger charge is -2.24. The van der Waals surface area contributed by atoms with Crippen molar-refractivity contribution in [3.05, 3.63) is 42.2 Å². The van der Waals surface area contributed by atoms with E-state index in [0.29, 0.717) is 11.5 Å². The van der Waals surface area contributed by atoms with Crippen molar-refractivity contribution in [3.8, 4) is 11.3 Å². The maximum absolute atomic E-state index is 5.92. The van der Waals surface area contributed by atoms with Gasteiger partial charge in [-0.05, 0) is 0 Å². The highest BCUT2D eigenvalue weighted by Crippen LogP contribution is 2.44. The molecule has 2 aromatic rings. The molecule has 1 unspecified atom stereocenters. The summed E-state index contributed by atoms with van der Waals surface area (Å²) in [6, 6.07) is 9.07. The van der Waals surface area contributed by atoms with Crippen LogP contribution >= 0.6 is 34.8 Å². The predicted octanol–water partition coefficient (Wildman–Crippen LogP) is 4.01. The first-order valence-electron chi connectivity index (χ1n) is 5.83. The Labute approximate surface area is 130 Å². The quantitative estimate of drug-likeness (QED) is 0.805. The topological polar surface area (TPSA) is 50.2 Å². The average molecular weight is 328 g/mol. The monoisotopic (exact) mass is 326 g/mol. The summed E-state index contributed by atoms with van der Waals surface area (Å²) >= 11 is 17.8. The molecular weight excluding hydrogens is 319 g/mol. The molecule has 0 radical (unpaired) electrons. The molecule has 7 heteroatoms. The molecule has 0 amide bonds. The second kappa shape index (κ2) is 5.20. The standard InChI is InChI=1S/C13H9Cl3N4/c14-13(15,16)11-10-12(19-7-18-11)20-9(6-17-10)8-4-2-1-3-5-8/h1-7,11H,(H,18,19,20). The van der Waals surface area contributed by atoms with E-state index >= 15 is 0 Å². The van der Waals surface area contributed by atoms with E-state index in [9.17, 15) is 0 Å². The van der Waals surface area contributed by atoms with E-state index < -0.39 is 9.83 Å². The van der Waals surface area contributed by atoms with Gasteiger partial charge >= 0.3 is 0 Å². The van der Waals surface area contributed by atoms with Crippen molar-refractivity contribution in [2.24, 2.45) is 4.99 Å². The van der Waals surface area contributed by atoms with Gasteiger partial charge in [0.15, 0.2) is 5.82 Å². The van der Waals surface area contributed by atoms with Gasteiger partial charge in [0.05, 0.1) is 18.2 Å². The van der Waals surface area contributed by atoms with E-state index in [1.54, 1.807) is 6.20 Å². The molecule has 1 aliphatic heterocycles. The lowest BCUT2D eigenvalue weighted by atomic mass is 10.1. The van der Waals surface area contributed by atoms with Gasteiger partial charge in [0.25, 0.3) is 0 Å². The molecule has 0 saturated heterocycles. The van der Waals surface area contributed by atoms with Crippen molar-refractivity contribution in [3.63, 3.8) is 0 Å². The van der Waals surface area contributed by atoms with Gasteiger partial charge in [0.2, 0.25) is 3.79 Å². The highest BCUT2D eigenvalue weighted by Gasteiger charge is 2.38. The smallest absolute Gasteiger partial charge is 0.218 e. The zero-order valence-corrected chi connectivity index (χ0v) is 12.4. The normalized spacial score (nSPS) is 17.4. The number of hydrogen-bond acceptors (Lipinski definition) is 4. The summed E-state index contributed by atoms with van der Waals surface area (Å²) < 4.78 is -1.56. The molecule has 1 aromatic heterocycles. The molecule has 0 saturated carbocycles. The lowest BCUT2D eigenvalue weighted by molar-refractivity contribution is 0.715. The number of halogens is 3. The third kappa shape index (κ3) is 2.59. The third-order valence-corrected chi connectivity index (χ3v) is 3.48. The summed E-state index contributed by atoms with van der Waals surface area (Å²) in [5, 5.41) is 2.93. The van der Waals surface area contributed by atoms with Crippen molar-refractivity contribution in [1.29, 1.82) is 0 Å². The van der Waals surface area contributed by atoms with Crippen molar-refractivity contribution < 1.29 is 0 Å². The summed E-state index contributed by atoms with van der Waals surface area (Å²) in [5.74, 6) is 0.553. The van der Waals surface area contributed by atoms with Crippen LogP contribution in [0, 0.1) is 0 Å². The lowest BCUT2D eigenvalue weighted by Crippen LogP contribution is -2.23. The molecule has 102 valence electrons. The van der Waals surface area contributed by atoms with Gasteiger partial charge < -0.3 is 5.32 Å². The summed E-state index contributed by atoms with van der Waals surface area (Å²) in [5.41, 5.74) is 2.24. The molecule has 3 rings (SSSR count). The van der Waals surface area contributed by atoms with Gasteiger partial charge in [-0.15, -0.1) is 0 Å². The minimum atomic E-state index is -1.56. The maximum Gasteiger partial charge on any atom is 0.218 e. The van der Waals surface area contributed by atoms with E-state index in [2.05, 4.69) is 20.3 Å². The Balaban J connectivity index is 2.04. The van der Waals surface area contributed by atoms with E-state index in [1.165, 1.54) is 6.34 Å². The van der Waals surface area contributed by atoms with Crippen LogP contribution in [0.2, 0.25) is 0 Å². The Hall–Kier alpha value is -1.36. The fourth-order valence-electron chi connectivity index (χ4n) is 1.94. The Kier molecular flexibility index (Phi) is 3.54. The van der Waals surface area contributed by atoms with E-state index in [4.69, 9.17) is 34.8 Å². The number of fused-ring (bicyclic) bond motifs is 1. The average Bonchev–Trinajstić information content (AvgIpc) is 2.46. The van der Waals surface area contributed by atoms with Crippen molar-refractivity contribution in [2.75, 3.05) is 5.32 Å². The Morgan fingerprint density at radius 2 is 1.85 bits per heavy atom. The molecule has 1 aliphatic rings. The summed E-state index contributed by atoms with van der Waals surface area (Å²) in [4.78, 5) is 13.0. The Morgan fingerprint density at radius 3 is 2.55 bits per heavy atom. The first-order valence-corrected chi connectivity index (χ1v) is 6.96. The fourth-order valence-corrected chi connectivity index (χ4v) is 2.41. The Bertz CT molecular complexity index is 652. The molecule has 1 atom stereocenters. The SMILES string of the molecule is ClC(Cl)(Cl)C1N=CNc2nc(-c3ccccc3)cnc21. The highest BCUT2D eigenvalue weighted by molar-refractivity contribution is 6.68. The van der Waals surface area contributed by atoms with Crippen LogP contribution in [0.4, 0.5) is 5.82 Å². The molecule has 1 aromatic carbocycles. The van der Waals surface area contributed by atoms with Crippen LogP contribution in [0.3, 0.4) is 0 Å². The van der Waals surface area contributed by atoms with Gasteiger partial charge in [-0.2, -0.15) is 0 Å². The van der Waals surface area contributed by atoms with Crippen LogP contribution in [-0.4, -0.2) is 20.1 Å². The van der Waals surface area contributed by atoms with Crippen LogP contribution in [0.25, 0.3) is 11.3 Å². The first-order chi connectivity index (χ1) is 9.55. The number of hydrogen-bond donors (Lipinski definition) is 1. The van der Waals surface area contributed by atoms with Crippen molar-refractivity contribution >= 4 is 47.0 Å². The number of anilines is 1. The number of nitrogens with one attached hydrogen (secondary N) is 1. The van der Waals surface area contributed by atoms with E-state index in [0.717, 1.165) is 11.3 Å². The minimum absolute atomic E-state index is 0.521. The summed E-state index contributed by atoms with van der Waals surface area (Å²) in [6.45, 7) is 0. The minimum Gasteiger partial charge on any atom is -0.330 e. The van der Waals surface area contributed by atoms with Crippen LogP contribution in [0.15, 0.2) is 41.5 Å². The molecule has 20 heavy (non-hydrogen) atoms. The molecule has 0 fully saturated rings. The molecular formula is C13H9Cl3N4. The second-order valence-corrected chi connectivity index (χ2v) is 6.59. The number of nitrogens with zero attached hydrogens (tertiary/aromatic N) is 3. The largest absolute Gasteiger partial charge is 0.330 e. The number of rotatable bonds is 1.